The van der Waals surface area contributed by atoms with Crippen molar-refractivity contribution in [3.63, 3.8) is 0 Å². The molecule has 0 spiro atoms. The Hall–Kier alpha value is -1.12. The van der Waals surface area contributed by atoms with Crippen molar-refractivity contribution in [1.82, 2.24) is 5.32 Å². The lowest BCUT2D eigenvalue weighted by atomic mass is 9.96. The lowest BCUT2D eigenvalue weighted by Crippen LogP contribution is -2.23. The lowest BCUT2D eigenvalue weighted by Gasteiger charge is -2.19. The third kappa shape index (κ3) is 4.69. The van der Waals surface area contributed by atoms with Gasteiger partial charge in [0.15, 0.2) is 0 Å². The maximum absolute atomic E-state index is 3.61. The smallest absolute Gasteiger partial charge is 0.0361 e. The van der Waals surface area contributed by atoms with E-state index in [0.29, 0.717) is 6.04 Å². The summed E-state index contributed by atoms with van der Waals surface area (Å²) in [5.74, 6) is 0. The molecule has 0 aliphatic carbocycles. The molecule has 1 atom stereocenters. The van der Waals surface area contributed by atoms with Crippen LogP contribution in [0.3, 0.4) is 0 Å². The molecular formula is C19H24BrN. The summed E-state index contributed by atoms with van der Waals surface area (Å²) in [6.07, 6.45) is 2.12. The van der Waals surface area contributed by atoms with E-state index in [1.807, 2.05) is 0 Å². The summed E-state index contributed by atoms with van der Waals surface area (Å²) in [6.45, 7) is 7.48. The molecule has 0 heterocycles. The van der Waals surface area contributed by atoms with Crippen LogP contribution >= 0.6 is 15.9 Å². The standard InChI is InChI=1S/C19H24BrN/c1-4-15-6-8-16(9-7-15)12-19(21-5-2)17-10-14(3)11-18(20)13-17/h6-11,13,19,21H,4-5,12H2,1-3H3. The Balaban J connectivity index is 2.21. The molecule has 2 heteroatoms. The highest BCUT2D eigenvalue weighted by Crippen LogP contribution is 2.24. The molecule has 0 saturated carbocycles. The molecule has 2 aromatic rings. The number of hydrogen-bond donors (Lipinski definition) is 1. The first-order chi connectivity index (χ1) is 10.1. The van der Waals surface area contributed by atoms with Crippen molar-refractivity contribution < 1.29 is 0 Å². The van der Waals surface area contributed by atoms with E-state index >= 15 is 0 Å². The summed E-state index contributed by atoms with van der Waals surface area (Å²) in [6, 6.07) is 16.0. The zero-order valence-corrected chi connectivity index (χ0v) is 14.7. The number of likely N-dealkylation sites (N-methyl/N-ethyl adjacent to an activating group) is 1. The van der Waals surface area contributed by atoms with Gasteiger partial charge in [0.25, 0.3) is 0 Å². The van der Waals surface area contributed by atoms with Crippen LogP contribution in [0.25, 0.3) is 0 Å². The van der Waals surface area contributed by atoms with Gasteiger partial charge in [0.1, 0.15) is 0 Å². The van der Waals surface area contributed by atoms with Gasteiger partial charge in [0, 0.05) is 10.5 Å². The molecule has 0 aliphatic rings. The van der Waals surface area contributed by atoms with Crippen molar-refractivity contribution in [3.8, 4) is 0 Å². The fourth-order valence-electron chi connectivity index (χ4n) is 2.67. The molecule has 0 radical (unpaired) electrons. The molecule has 1 N–H and O–H groups in total. The highest BCUT2D eigenvalue weighted by atomic mass is 79.9. The molecule has 0 aliphatic heterocycles. The fraction of sp³-hybridized carbons (Fsp3) is 0.368. The molecule has 21 heavy (non-hydrogen) atoms. The zero-order chi connectivity index (χ0) is 15.2. The van der Waals surface area contributed by atoms with E-state index in [2.05, 4.69) is 84.5 Å². The van der Waals surface area contributed by atoms with Crippen LogP contribution in [0.5, 0.6) is 0 Å². The topological polar surface area (TPSA) is 12.0 Å². The maximum Gasteiger partial charge on any atom is 0.0361 e. The van der Waals surface area contributed by atoms with Gasteiger partial charge in [0.2, 0.25) is 0 Å². The van der Waals surface area contributed by atoms with Crippen LogP contribution in [0, 0.1) is 6.92 Å². The minimum Gasteiger partial charge on any atom is -0.310 e. The fourth-order valence-corrected chi connectivity index (χ4v) is 3.29. The Kier molecular flexibility index (Phi) is 6.01. The van der Waals surface area contributed by atoms with Crippen molar-refractivity contribution in [1.29, 1.82) is 0 Å². The second-order valence-electron chi connectivity index (χ2n) is 5.55. The summed E-state index contributed by atoms with van der Waals surface area (Å²) in [4.78, 5) is 0. The number of benzene rings is 2. The molecule has 0 fully saturated rings. The van der Waals surface area contributed by atoms with E-state index in [1.54, 1.807) is 0 Å². The number of rotatable bonds is 6. The second-order valence-corrected chi connectivity index (χ2v) is 6.46. The van der Waals surface area contributed by atoms with Crippen molar-refractivity contribution in [3.05, 3.63) is 69.2 Å². The predicted octanol–water partition coefficient (Wildman–Crippen LogP) is 5.21. The number of halogens is 1. The van der Waals surface area contributed by atoms with Crippen LogP contribution < -0.4 is 5.32 Å². The number of hydrogen-bond acceptors (Lipinski definition) is 1. The highest BCUT2D eigenvalue weighted by Gasteiger charge is 2.12. The maximum atomic E-state index is 3.61. The van der Waals surface area contributed by atoms with Gasteiger partial charge < -0.3 is 5.32 Å². The van der Waals surface area contributed by atoms with Crippen LogP contribution in [-0.2, 0) is 12.8 Å². The number of aryl methyl sites for hydroxylation is 2. The van der Waals surface area contributed by atoms with Gasteiger partial charge in [-0.15, -0.1) is 0 Å². The third-order valence-corrected chi connectivity index (χ3v) is 4.25. The van der Waals surface area contributed by atoms with Gasteiger partial charge in [0.05, 0.1) is 0 Å². The molecule has 112 valence electrons. The van der Waals surface area contributed by atoms with E-state index in [9.17, 15) is 0 Å². The van der Waals surface area contributed by atoms with Crippen molar-refractivity contribution in [2.24, 2.45) is 0 Å². The minimum absolute atomic E-state index is 0.360. The highest BCUT2D eigenvalue weighted by molar-refractivity contribution is 9.10. The Labute approximate surface area is 136 Å². The van der Waals surface area contributed by atoms with E-state index in [0.717, 1.165) is 23.9 Å². The van der Waals surface area contributed by atoms with Gasteiger partial charge in [-0.2, -0.15) is 0 Å². The summed E-state index contributed by atoms with van der Waals surface area (Å²) < 4.78 is 1.15. The molecule has 2 aromatic carbocycles. The Bertz CT molecular complexity index is 554. The molecule has 1 nitrogen and oxygen atoms in total. The first-order valence-electron chi connectivity index (χ1n) is 7.70. The van der Waals surface area contributed by atoms with Gasteiger partial charge in [-0.25, -0.2) is 0 Å². The normalized spacial score (nSPS) is 12.4. The Morgan fingerprint density at radius 1 is 1.00 bits per heavy atom. The lowest BCUT2D eigenvalue weighted by molar-refractivity contribution is 0.549. The number of nitrogens with one attached hydrogen (secondary N) is 1. The molecule has 0 bridgehead atoms. The predicted molar refractivity (Wildman–Crippen MR) is 94.8 cm³/mol. The summed E-state index contributed by atoms with van der Waals surface area (Å²) >= 11 is 3.61. The third-order valence-electron chi connectivity index (χ3n) is 3.79. The summed E-state index contributed by atoms with van der Waals surface area (Å²) in [5.41, 5.74) is 5.43. The van der Waals surface area contributed by atoms with Gasteiger partial charge >= 0.3 is 0 Å². The minimum atomic E-state index is 0.360. The monoisotopic (exact) mass is 345 g/mol. The average Bonchev–Trinajstić information content (AvgIpc) is 2.46. The van der Waals surface area contributed by atoms with E-state index in [-0.39, 0.29) is 0 Å². The summed E-state index contributed by atoms with van der Waals surface area (Å²) in [7, 11) is 0. The van der Waals surface area contributed by atoms with E-state index in [4.69, 9.17) is 0 Å². The van der Waals surface area contributed by atoms with E-state index in [1.165, 1.54) is 22.3 Å². The Morgan fingerprint density at radius 3 is 2.24 bits per heavy atom. The summed E-state index contributed by atoms with van der Waals surface area (Å²) in [5, 5.41) is 3.61. The van der Waals surface area contributed by atoms with Crippen LogP contribution in [0.15, 0.2) is 46.9 Å². The van der Waals surface area contributed by atoms with Crippen LogP contribution in [0.2, 0.25) is 0 Å². The second kappa shape index (κ2) is 7.77. The molecular weight excluding hydrogens is 322 g/mol. The molecule has 0 amide bonds. The van der Waals surface area contributed by atoms with Crippen molar-refractivity contribution >= 4 is 15.9 Å². The quantitative estimate of drug-likeness (QED) is 0.757. The molecule has 2 rings (SSSR count). The van der Waals surface area contributed by atoms with Gasteiger partial charge in [-0.3, -0.25) is 0 Å². The Morgan fingerprint density at radius 2 is 1.67 bits per heavy atom. The van der Waals surface area contributed by atoms with Crippen molar-refractivity contribution in [2.45, 2.75) is 39.7 Å². The van der Waals surface area contributed by atoms with Gasteiger partial charge in [-0.1, -0.05) is 60.1 Å². The van der Waals surface area contributed by atoms with Crippen LogP contribution in [0.1, 0.15) is 42.1 Å². The molecule has 0 saturated heterocycles. The SMILES string of the molecule is CCNC(Cc1ccc(CC)cc1)c1cc(C)cc(Br)c1. The largest absolute Gasteiger partial charge is 0.310 e. The molecule has 0 aromatic heterocycles. The average molecular weight is 346 g/mol. The first-order valence-corrected chi connectivity index (χ1v) is 8.50. The van der Waals surface area contributed by atoms with E-state index < -0.39 is 0 Å². The zero-order valence-electron chi connectivity index (χ0n) is 13.1. The molecule has 1 unspecified atom stereocenters. The first kappa shape index (κ1) is 16.3. The van der Waals surface area contributed by atoms with Gasteiger partial charge in [-0.05, 0) is 60.7 Å². The van der Waals surface area contributed by atoms with Crippen LogP contribution in [0.4, 0.5) is 0 Å². The van der Waals surface area contributed by atoms with Crippen molar-refractivity contribution in [2.75, 3.05) is 6.54 Å². The van der Waals surface area contributed by atoms with Crippen LogP contribution in [-0.4, -0.2) is 6.54 Å².